The summed E-state index contributed by atoms with van der Waals surface area (Å²) < 4.78 is 5.33. The summed E-state index contributed by atoms with van der Waals surface area (Å²) in [6.07, 6.45) is 5.79. The molecule has 0 aliphatic carbocycles. The Balaban J connectivity index is 1.55. The average Bonchev–Trinajstić information content (AvgIpc) is 2.93. The molecule has 0 aromatic carbocycles. The summed E-state index contributed by atoms with van der Waals surface area (Å²) in [5.41, 5.74) is 0. The fraction of sp³-hybridized carbons (Fsp3) is 0.667. The maximum absolute atomic E-state index is 5.33. The van der Waals surface area contributed by atoms with Crippen LogP contribution < -0.4 is 5.32 Å². The second-order valence-electron chi connectivity index (χ2n) is 4.60. The van der Waals surface area contributed by atoms with E-state index in [0.29, 0.717) is 6.04 Å². The van der Waals surface area contributed by atoms with Crippen LogP contribution in [0.2, 0.25) is 0 Å². The first-order valence-electron chi connectivity index (χ1n) is 5.93. The molecule has 2 aliphatic rings. The van der Waals surface area contributed by atoms with Crippen LogP contribution in [0.3, 0.4) is 0 Å². The minimum atomic E-state index is 0.678. The number of nitrogens with one attached hydrogen (secondary N) is 1. The summed E-state index contributed by atoms with van der Waals surface area (Å²) in [6, 6.07) is 5.46. The Morgan fingerprint density at radius 2 is 2.40 bits per heavy atom. The summed E-state index contributed by atoms with van der Waals surface area (Å²) in [5, 5.41) is 3.62. The summed E-state index contributed by atoms with van der Waals surface area (Å²) >= 11 is 0. The molecule has 3 heterocycles. The highest BCUT2D eigenvalue weighted by molar-refractivity contribution is 5.00. The summed E-state index contributed by atoms with van der Waals surface area (Å²) in [6.45, 7) is 3.46. The van der Waals surface area contributed by atoms with Crippen LogP contribution >= 0.6 is 0 Å². The normalized spacial score (nSPS) is 30.9. The molecule has 2 unspecified atom stereocenters. The van der Waals surface area contributed by atoms with E-state index < -0.39 is 0 Å². The van der Waals surface area contributed by atoms with Crippen molar-refractivity contribution < 1.29 is 4.42 Å². The molecule has 0 saturated carbocycles. The van der Waals surface area contributed by atoms with Crippen molar-refractivity contribution in [3.63, 3.8) is 0 Å². The molecule has 1 aromatic rings. The molecule has 1 N–H and O–H groups in total. The highest BCUT2D eigenvalue weighted by atomic mass is 16.3. The van der Waals surface area contributed by atoms with Crippen molar-refractivity contribution in [3.8, 4) is 0 Å². The van der Waals surface area contributed by atoms with Gasteiger partial charge in [0, 0.05) is 18.6 Å². The number of hydrogen-bond acceptors (Lipinski definition) is 3. The maximum Gasteiger partial charge on any atom is 0.117 e. The number of rotatable bonds is 3. The zero-order valence-corrected chi connectivity index (χ0v) is 8.98. The zero-order valence-electron chi connectivity index (χ0n) is 8.98. The van der Waals surface area contributed by atoms with E-state index in [1.165, 1.54) is 32.4 Å². The van der Waals surface area contributed by atoms with Gasteiger partial charge in [-0.1, -0.05) is 0 Å². The first kappa shape index (κ1) is 9.43. The van der Waals surface area contributed by atoms with Gasteiger partial charge in [0.2, 0.25) is 0 Å². The summed E-state index contributed by atoms with van der Waals surface area (Å²) in [5.74, 6) is 1.05. The van der Waals surface area contributed by atoms with Crippen molar-refractivity contribution in [2.75, 3.05) is 13.1 Å². The van der Waals surface area contributed by atoms with Crippen LogP contribution in [-0.2, 0) is 6.54 Å². The molecule has 2 saturated heterocycles. The van der Waals surface area contributed by atoms with E-state index in [1.807, 2.05) is 12.1 Å². The van der Waals surface area contributed by atoms with Gasteiger partial charge in [-0.05, 0) is 37.9 Å². The van der Waals surface area contributed by atoms with Gasteiger partial charge in [-0.25, -0.2) is 0 Å². The lowest BCUT2D eigenvalue weighted by Gasteiger charge is -2.20. The smallest absolute Gasteiger partial charge is 0.117 e. The number of nitrogens with zero attached hydrogens (tertiary/aromatic N) is 1. The third-order valence-electron chi connectivity index (χ3n) is 3.72. The highest BCUT2D eigenvalue weighted by Crippen LogP contribution is 2.27. The minimum Gasteiger partial charge on any atom is -0.468 e. The third-order valence-corrected chi connectivity index (χ3v) is 3.72. The van der Waals surface area contributed by atoms with Gasteiger partial charge in [0.25, 0.3) is 0 Å². The van der Waals surface area contributed by atoms with Crippen LogP contribution in [0.5, 0.6) is 0 Å². The molecule has 0 radical (unpaired) electrons. The van der Waals surface area contributed by atoms with Crippen LogP contribution in [0.25, 0.3) is 0 Å². The second kappa shape index (κ2) is 3.99. The van der Waals surface area contributed by atoms with Crippen LogP contribution in [0.1, 0.15) is 25.0 Å². The molecule has 2 aliphatic heterocycles. The quantitative estimate of drug-likeness (QED) is 0.814. The van der Waals surface area contributed by atoms with Crippen molar-refractivity contribution >= 4 is 0 Å². The van der Waals surface area contributed by atoms with Crippen molar-refractivity contribution in [3.05, 3.63) is 24.2 Å². The molecule has 3 rings (SSSR count). The van der Waals surface area contributed by atoms with Crippen LogP contribution in [-0.4, -0.2) is 30.1 Å². The Kier molecular flexibility index (Phi) is 2.51. The molecule has 2 atom stereocenters. The van der Waals surface area contributed by atoms with Crippen molar-refractivity contribution in [1.82, 2.24) is 10.2 Å². The fourth-order valence-electron chi connectivity index (χ4n) is 2.97. The Morgan fingerprint density at radius 3 is 3.27 bits per heavy atom. The fourth-order valence-corrected chi connectivity index (χ4v) is 2.97. The number of fused-ring (bicyclic) bond motifs is 1. The first-order valence-corrected chi connectivity index (χ1v) is 5.93. The molecule has 0 bridgehead atoms. The molecule has 1 aromatic heterocycles. The van der Waals surface area contributed by atoms with Gasteiger partial charge in [0.15, 0.2) is 0 Å². The Labute approximate surface area is 90.4 Å². The van der Waals surface area contributed by atoms with E-state index >= 15 is 0 Å². The van der Waals surface area contributed by atoms with Gasteiger partial charge in [0.05, 0.1) is 12.8 Å². The third kappa shape index (κ3) is 1.82. The number of hydrogen-bond donors (Lipinski definition) is 1. The van der Waals surface area contributed by atoms with Gasteiger partial charge >= 0.3 is 0 Å². The molecule has 15 heavy (non-hydrogen) atoms. The summed E-state index contributed by atoms with van der Waals surface area (Å²) in [4.78, 5) is 2.62. The Morgan fingerprint density at radius 1 is 1.40 bits per heavy atom. The molecule has 3 heteroatoms. The largest absolute Gasteiger partial charge is 0.468 e. The lowest BCUT2D eigenvalue weighted by molar-refractivity contribution is 0.295. The zero-order chi connectivity index (χ0) is 10.1. The molecule has 82 valence electrons. The molecular formula is C12H18N2O. The molecule has 3 nitrogen and oxygen atoms in total. The van der Waals surface area contributed by atoms with Gasteiger partial charge in [0.1, 0.15) is 5.76 Å². The van der Waals surface area contributed by atoms with E-state index in [-0.39, 0.29) is 0 Å². The lowest BCUT2D eigenvalue weighted by atomic mass is 10.1. The Hall–Kier alpha value is -0.800. The average molecular weight is 206 g/mol. The van der Waals surface area contributed by atoms with Gasteiger partial charge in [-0.2, -0.15) is 0 Å². The predicted molar refractivity (Wildman–Crippen MR) is 58.5 cm³/mol. The van der Waals surface area contributed by atoms with Crippen LogP contribution in [0.4, 0.5) is 0 Å². The van der Waals surface area contributed by atoms with E-state index in [9.17, 15) is 0 Å². The SMILES string of the molecule is c1coc(CNC2CCN3CCCC23)c1. The van der Waals surface area contributed by atoms with E-state index in [4.69, 9.17) is 4.42 Å². The van der Waals surface area contributed by atoms with Gasteiger partial charge in [-0.15, -0.1) is 0 Å². The van der Waals surface area contributed by atoms with E-state index in [0.717, 1.165) is 18.3 Å². The maximum atomic E-state index is 5.33. The van der Waals surface area contributed by atoms with E-state index in [1.54, 1.807) is 6.26 Å². The molecule has 0 spiro atoms. The van der Waals surface area contributed by atoms with Gasteiger partial charge < -0.3 is 9.73 Å². The monoisotopic (exact) mass is 206 g/mol. The highest BCUT2D eigenvalue weighted by Gasteiger charge is 2.36. The standard InChI is InChI=1S/C12H18N2O/c1-4-12-11(5-7-14(12)6-1)13-9-10-3-2-8-15-10/h2-3,8,11-13H,1,4-7,9H2. The molecule has 0 amide bonds. The van der Waals surface area contributed by atoms with Crippen LogP contribution in [0.15, 0.2) is 22.8 Å². The Bertz CT molecular complexity index is 309. The second-order valence-corrected chi connectivity index (χ2v) is 4.60. The topological polar surface area (TPSA) is 28.4 Å². The molecular weight excluding hydrogens is 188 g/mol. The minimum absolute atomic E-state index is 0.678. The van der Waals surface area contributed by atoms with Crippen molar-refractivity contribution in [2.24, 2.45) is 0 Å². The van der Waals surface area contributed by atoms with E-state index in [2.05, 4.69) is 10.2 Å². The van der Waals surface area contributed by atoms with Crippen molar-refractivity contribution in [1.29, 1.82) is 0 Å². The first-order chi connectivity index (χ1) is 7.43. The van der Waals surface area contributed by atoms with Gasteiger partial charge in [-0.3, -0.25) is 4.90 Å². The van der Waals surface area contributed by atoms with Crippen molar-refractivity contribution in [2.45, 2.75) is 37.9 Å². The molecule has 2 fully saturated rings. The predicted octanol–water partition coefficient (Wildman–Crippen LogP) is 1.61. The lowest BCUT2D eigenvalue weighted by Crippen LogP contribution is -2.38. The van der Waals surface area contributed by atoms with Crippen LogP contribution in [0, 0.1) is 0 Å². The summed E-state index contributed by atoms with van der Waals surface area (Å²) in [7, 11) is 0. The number of furan rings is 1.